The van der Waals surface area contributed by atoms with Gasteiger partial charge in [-0.1, -0.05) is 23.2 Å². The van der Waals surface area contributed by atoms with E-state index in [0.29, 0.717) is 46.7 Å². The normalized spacial score (nSPS) is 17.4. The van der Waals surface area contributed by atoms with E-state index in [0.717, 1.165) is 60.7 Å². The molecule has 5 aromatic rings. The monoisotopic (exact) mass is 636 g/mol. The van der Waals surface area contributed by atoms with Crippen LogP contribution in [0, 0.1) is 5.92 Å². The van der Waals surface area contributed by atoms with Crippen LogP contribution in [0.25, 0.3) is 11.0 Å². The van der Waals surface area contributed by atoms with Crippen molar-refractivity contribution in [2.24, 2.45) is 5.92 Å². The number of nitrogens with zero attached hydrogens (tertiary/aromatic N) is 6. The van der Waals surface area contributed by atoms with Crippen molar-refractivity contribution >= 4 is 40.2 Å². The summed E-state index contributed by atoms with van der Waals surface area (Å²) in [6.07, 6.45) is 8.31. The van der Waals surface area contributed by atoms with Crippen LogP contribution in [0.2, 0.25) is 10.0 Å². The van der Waals surface area contributed by atoms with Crippen LogP contribution in [0.5, 0.6) is 5.75 Å². The van der Waals surface area contributed by atoms with Gasteiger partial charge in [0.15, 0.2) is 6.61 Å². The topological polar surface area (TPSA) is 111 Å². The number of hydrogen-bond donors (Lipinski definition) is 1. The van der Waals surface area contributed by atoms with E-state index in [1.54, 1.807) is 42.6 Å². The summed E-state index contributed by atoms with van der Waals surface area (Å²) >= 11 is 12.2. The summed E-state index contributed by atoms with van der Waals surface area (Å²) in [5, 5.41) is 10.6. The summed E-state index contributed by atoms with van der Waals surface area (Å²) in [5.41, 5.74) is 2.90. The second kappa shape index (κ2) is 13.0. The van der Waals surface area contributed by atoms with Crippen LogP contribution in [0.3, 0.4) is 0 Å². The van der Waals surface area contributed by atoms with E-state index in [1.807, 2.05) is 12.5 Å². The lowest BCUT2D eigenvalue weighted by Gasteiger charge is -2.37. The van der Waals surface area contributed by atoms with Crippen molar-refractivity contribution in [2.75, 3.05) is 6.54 Å². The van der Waals surface area contributed by atoms with Crippen molar-refractivity contribution < 1.29 is 19.1 Å². The van der Waals surface area contributed by atoms with Crippen LogP contribution in [-0.2, 0) is 32.7 Å². The van der Waals surface area contributed by atoms with E-state index in [-0.39, 0.29) is 12.2 Å². The zero-order valence-corrected chi connectivity index (χ0v) is 26.1. The zero-order valence-electron chi connectivity index (χ0n) is 24.6. The van der Waals surface area contributed by atoms with Gasteiger partial charge in [0.25, 0.3) is 0 Å². The van der Waals surface area contributed by atoms with Gasteiger partial charge in [0, 0.05) is 30.2 Å². The fourth-order valence-electron chi connectivity index (χ4n) is 5.97. The van der Waals surface area contributed by atoms with Gasteiger partial charge < -0.3 is 23.4 Å². The molecule has 1 saturated heterocycles. The van der Waals surface area contributed by atoms with Gasteiger partial charge >= 0.3 is 5.97 Å². The largest absolute Gasteiger partial charge is 0.482 e. The minimum Gasteiger partial charge on any atom is -0.482 e. The molecule has 10 nitrogen and oxygen atoms in total. The van der Waals surface area contributed by atoms with Crippen LogP contribution in [0.15, 0.2) is 59.5 Å². The van der Waals surface area contributed by atoms with E-state index in [2.05, 4.69) is 37.8 Å². The maximum atomic E-state index is 11.7. The number of piperidine rings is 1. The van der Waals surface area contributed by atoms with E-state index < -0.39 is 5.97 Å². The lowest BCUT2D eigenvalue weighted by molar-refractivity contribution is 0.0697. The Bertz CT molecular complexity index is 1780. The fraction of sp³-hybridized carbons (Fsp3) is 0.375. The van der Waals surface area contributed by atoms with Crippen molar-refractivity contribution in [3.05, 3.63) is 93.9 Å². The second-order valence-electron chi connectivity index (χ2n) is 11.3. The van der Waals surface area contributed by atoms with Gasteiger partial charge in [-0.25, -0.2) is 19.7 Å². The first-order valence-corrected chi connectivity index (χ1v) is 15.5. The molecule has 44 heavy (non-hydrogen) atoms. The highest BCUT2D eigenvalue weighted by atomic mass is 35.5. The number of aryl methyl sites for hydroxylation is 1. The number of aromatic nitrogens is 5. The van der Waals surface area contributed by atoms with Crippen molar-refractivity contribution in [3.8, 4) is 5.75 Å². The number of carbonyl (C=O) groups is 1. The Kier molecular flexibility index (Phi) is 8.93. The number of halogens is 2. The molecule has 1 aliphatic heterocycles. The predicted octanol–water partition coefficient (Wildman–Crippen LogP) is 6.72. The summed E-state index contributed by atoms with van der Waals surface area (Å²) in [5.74, 6) is 2.31. The zero-order chi connectivity index (χ0) is 30.8. The molecule has 0 spiro atoms. The number of rotatable bonds is 11. The molecule has 0 amide bonds. The third kappa shape index (κ3) is 6.62. The third-order valence-corrected chi connectivity index (χ3v) is 8.87. The second-order valence-corrected chi connectivity index (χ2v) is 12.1. The van der Waals surface area contributed by atoms with Gasteiger partial charge in [-0.05, 0) is 75.5 Å². The summed E-state index contributed by atoms with van der Waals surface area (Å²) in [4.78, 5) is 27.9. The number of ether oxygens (including phenoxy) is 1. The number of imidazole rings is 2. The van der Waals surface area contributed by atoms with Crippen LogP contribution in [0.1, 0.15) is 60.2 Å². The van der Waals surface area contributed by atoms with Crippen molar-refractivity contribution in [2.45, 2.75) is 65.4 Å². The summed E-state index contributed by atoms with van der Waals surface area (Å²) in [6.45, 7) is 7.47. The van der Waals surface area contributed by atoms with Gasteiger partial charge in [-0.15, -0.1) is 0 Å². The molecule has 0 unspecified atom stereocenters. The van der Waals surface area contributed by atoms with E-state index in [1.165, 1.54) is 0 Å². The molecule has 1 aliphatic rings. The standard InChI is InChI=1S/C32H34Cl2N6O4/c1-3-38-19-35-14-24(38)16-40-28-12-22(32(41)42)4-6-27(28)37-30(40)17-39-9-8-21(10-20(39)2)11-25-15-36-31(44-25)18-43-29-7-5-23(33)13-26(29)34/h4-7,12-15,19-21H,3,8-11,16-18H2,1-2H3,(H,41,42)/t20-,21-/m0/s1. The Balaban J connectivity index is 1.11. The van der Waals surface area contributed by atoms with Gasteiger partial charge in [-0.2, -0.15) is 0 Å². The van der Waals surface area contributed by atoms with Gasteiger partial charge in [0.1, 0.15) is 17.3 Å². The van der Waals surface area contributed by atoms with Gasteiger partial charge in [0.2, 0.25) is 5.89 Å². The number of hydrogen-bond acceptors (Lipinski definition) is 7. The van der Waals surface area contributed by atoms with Gasteiger partial charge in [0.05, 0.1) is 52.9 Å². The highest BCUT2D eigenvalue weighted by Crippen LogP contribution is 2.30. The average Bonchev–Trinajstić information content (AvgIpc) is 3.73. The molecule has 0 aliphatic carbocycles. The molecule has 230 valence electrons. The maximum absolute atomic E-state index is 11.7. The van der Waals surface area contributed by atoms with Crippen LogP contribution < -0.4 is 4.74 Å². The van der Waals surface area contributed by atoms with E-state index in [9.17, 15) is 9.90 Å². The first-order chi connectivity index (χ1) is 21.3. The first-order valence-electron chi connectivity index (χ1n) is 14.7. The van der Waals surface area contributed by atoms with E-state index in [4.69, 9.17) is 37.3 Å². The molecule has 1 fully saturated rings. The highest BCUT2D eigenvalue weighted by Gasteiger charge is 2.28. The molecule has 2 atom stereocenters. The molecule has 0 bridgehead atoms. The number of carboxylic acid groups (broad SMARTS) is 1. The number of oxazole rings is 1. The Labute approximate surface area is 265 Å². The Morgan fingerprint density at radius 3 is 2.80 bits per heavy atom. The minimum absolute atomic E-state index is 0.185. The summed E-state index contributed by atoms with van der Waals surface area (Å²) in [6, 6.07) is 10.6. The average molecular weight is 638 g/mol. The Morgan fingerprint density at radius 2 is 2.02 bits per heavy atom. The molecular formula is C32H34Cl2N6O4. The molecule has 0 saturated carbocycles. The number of carboxylic acids is 1. The highest BCUT2D eigenvalue weighted by molar-refractivity contribution is 6.35. The molecule has 0 radical (unpaired) electrons. The van der Waals surface area contributed by atoms with E-state index >= 15 is 0 Å². The molecule has 2 aromatic carbocycles. The fourth-order valence-corrected chi connectivity index (χ4v) is 6.44. The number of benzene rings is 2. The van der Waals surface area contributed by atoms with Crippen LogP contribution in [-0.4, -0.2) is 52.6 Å². The number of likely N-dealkylation sites (tertiary alicyclic amines) is 1. The number of aromatic carboxylic acids is 1. The molecule has 4 heterocycles. The Morgan fingerprint density at radius 1 is 1.16 bits per heavy atom. The van der Waals surface area contributed by atoms with Gasteiger partial charge in [-0.3, -0.25) is 4.90 Å². The molecule has 6 rings (SSSR count). The van der Waals surface area contributed by atoms with Crippen molar-refractivity contribution in [1.29, 1.82) is 0 Å². The number of fused-ring (bicyclic) bond motifs is 1. The summed E-state index contributed by atoms with van der Waals surface area (Å²) in [7, 11) is 0. The first kappa shape index (κ1) is 30.2. The third-order valence-electron chi connectivity index (χ3n) is 8.34. The SMILES string of the molecule is CCn1cncc1Cn1c(CN2CC[C@H](Cc3cnc(COc4ccc(Cl)cc4Cl)o3)C[C@@H]2C)nc2ccc(C(=O)O)cc21. The smallest absolute Gasteiger partial charge is 0.335 e. The summed E-state index contributed by atoms with van der Waals surface area (Å²) < 4.78 is 16.0. The van der Waals surface area contributed by atoms with Crippen molar-refractivity contribution in [3.63, 3.8) is 0 Å². The van der Waals surface area contributed by atoms with Crippen LogP contribution >= 0.6 is 23.2 Å². The lowest BCUT2D eigenvalue weighted by atomic mass is 9.88. The Hall–Kier alpha value is -3.86. The quantitative estimate of drug-likeness (QED) is 0.170. The minimum atomic E-state index is -0.951. The molecule has 12 heteroatoms. The molecule has 1 N–H and O–H groups in total. The van der Waals surface area contributed by atoms with Crippen molar-refractivity contribution in [1.82, 2.24) is 29.0 Å². The predicted molar refractivity (Wildman–Crippen MR) is 167 cm³/mol. The maximum Gasteiger partial charge on any atom is 0.335 e. The molecule has 3 aromatic heterocycles. The lowest BCUT2D eigenvalue weighted by Crippen LogP contribution is -2.41. The molecular weight excluding hydrogens is 603 g/mol. The van der Waals surface area contributed by atoms with Crippen LogP contribution in [0.4, 0.5) is 0 Å².